The van der Waals surface area contributed by atoms with Crippen LogP contribution < -0.4 is 16.8 Å². The van der Waals surface area contributed by atoms with E-state index in [1.165, 1.54) is 11.3 Å². The van der Waals surface area contributed by atoms with Gasteiger partial charge in [0.15, 0.2) is 0 Å². The highest BCUT2D eigenvalue weighted by molar-refractivity contribution is 7.16. The van der Waals surface area contributed by atoms with Gasteiger partial charge in [0.1, 0.15) is 0 Å². The molecule has 1 aliphatic heterocycles. The van der Waals surface area contributed by atoms with Crippen molar-refractivity contribution in [1.29, 1.82) is 0 Å². The van der Waals surface area contributed by atoms with E-state index < -0.39 is 5.91 Å². The van der Waals surface area contributed by atoms with E-state index in [-0.39, 0.29) is 5.91 Å². The largest absolute Gasteiger partial charge is 0.390 e. The SMILES string of the molecule is CCCCNC(=O)CN1CCc2c(sc(N)c2C(N)=O)C1. The van der Waals surface area contributed by atoms with Crippen LogP contribution in [0.2, 0.25) is 0 Å². The van der Waals surface area contributed by atoms with Crippen molar-refractivity contribution in [3.05, 3.63) is 16.0 Å². The van der Waals surface area contributed by atoms with Crippen molar-refractivity contribution in [1.82, 2.24) is 10.2 Å². The zero-order valence-corrected chi connectivity index (χ0v) is 13.1. The van der Waals surface area contributed by atoms with Gasteiger partial charge >= 0.3 is 0 Å². The maximum absolute atomic E-state index is 11.8. The minimum atomic E-state index is -0.462. The normalized spacial score (nSPS) is 14.7. The Morgan fingerprint density at radius 1 is 1.43 bits per heavy atom. The van der Waals surface area contributed by atoms with Crippen molar-refractivity contribution < 1.29 is 9.59 Å². The number of carbonyl (C=O) groups is 2. The molecule has 0 unspecified atom stereocenters. The first kappa shape index (κ1) is 15.8. The summed E-state index contributed by atoms with van der Waals surface area (Å²) in [7, 11) is 0. The molecule has 0 spiro atoms. The van der Waals surface area contributed by atoms with Gasteiger partial charge in [-0.05, 0) is 18.4 Å². The summed E-state index contributed by atoms with van der Waals surface area (Å²) in [6.45, 7) is 4.60. The van der Waals surface area contributed by atoms with Crippen molar-refractivity contribution in [3.63, 3.8) is 0 Å². The van der Waals surface area contributed by atoms with E-state index in [4.69, 9.17) is 11.5 Å². The molecule has 2 amide bonds. The second kappa shape index (κ2) is 6.91. The highest BCUT2D eigenvalue weighted by Gasteiger charge is 2.26. The predicted octanol–water partition coefficient (Wildman–Crippen LogP) is 0.704. The number of hydrogen-bond donors (Lipinski definition) is 3. The van der Waals surface area contributed by atoms with Gasteiger partial charge in [0.25, 0.3) is 5.91 Å². The molecule has 2 heterocycles. The first-order valence-electron chi connectivity index (χ1n) is 7.21. The highest BCUT2D eigenvalue weighted by Crippen LogP contribution is 2.34. The molecule has 7 heteroatoms. The summed E-state index contributed by atoms with van der Waals surface area (Å²) in [4.78, 5) is 26.4. The number of anilines is 1. The van der Waals surface area contributed by atoms with E-state index in [0.29, 0.717) is 30.1 Å². The molecule has 1 aliphatic rings. The topological polar surface area (TPSA) is 101 Å². The van der Waals surface area contributed by atoms with Crippen molar-refractivity contribution in [3.8, 4) is 0 Å². The van der Waals surface area contributed by atoms with Gasteiger partial charge in [0.2, 0.25) is 5.91 Å². The van der Waals surface area contributed by atoms with Gasteiger partial charge in [0, 0.05) is 24.5 Å². The lowest BCUT2D eigenvalue weighted by Gasteiger charge is -2.26. The molecule has 1 aromatic heterocycles. The monoisotopic (exact) mass is 310 g/mol. The number of primary amides is 1. The number of nitrogens with one attached hydrogen (secondary N) is 1. The Kier molecular flexibility index (Phi) is 5.19. The van der Waals surface area contributed by atoms with Gasteiger partial charge in [-0.1, -0.05) is 13.3 Å². The van der Waals surface area contributed by atoms with Crippen LogP contribution in [0.5, 0.6) is 0 Å². The van der Waals surface area contributed by atoms with Gasteiger partial charge in [0.05, 0.1) is 17.1 Å². The third-order valence-electron chi connectivity index (χ3n) is 3.63. The van der Waals surface area contributed by atoms with Crippen molar-refractivity contribution in [2.24, 2.45) is 5.73 Å². The van der Waals surface area contributed by atoms with Gasteiger partial charge in [-0.3, -0.25) is 14.5 Å². The second-order valence-electron chi connectivity index (χ2n) is 5.27. The number of rotatable bonds is 6. The maximum Gasteiger partial charge on any atom is 0.251 e. The number of hydrogen-bond acceptors (Lipinski definition) is 5. The third kappa shape index (κ3) is 3.74. The third-order valence-corrected chi connectivity index (χ3v) is 4.68. The molecule has 0 atom stereocenters. The summed E-state index contributed by atoms with van der Waals surface area (Å²) in [6, 6.07) is 0. The number of nitrogens with zero attached hydrogens (tertiary/aromatic N) is 1. The van der Waals surface area contributed by atoms with Crippen molar-refractivity contribution in [2.75, 3.05) is 25.4 Å². The molecular weight excluding hydrogens is 288 g/mol. The minimum Gasteiger partial charge on any atom is -0.390 e. The molecule has 0 saturated heterocycles. The number of fused-ring (bicyclic) bond motifs is 1. The molecule has 1 aromatic rings. The molecule has 0 aromatic carbocycles. The van der Waals surface area contributed by atoms with Gasteiger partial charge in [-0.15, -0.1) is 11.3 Å². The number of thiophene rings is 1. The first-order valence-corrected chi connectivity index (χ1v) is 8.03. The predicted molar refractivity (Wildman–Crippen MR) is 84.1 cm³/mol. The molecular formula is C14H22N4O2S. The van der Waals surface area contributed by atoms with Crippen LogP contribution in [-0.4, -0.2) is 36.3 Å². The fourth-order valence-corrected chi connectivity index (χ4v) is 3.71. The fourth-order valence-electron chi connectivity index (χ4n) is 2.55. The molecule has 0 aliphatic carbocycles. The summed E-state index contributed by atoms with van der Waals surface area (Å²) in [5.74, 6) is -0.415. The Labute approximate surface area is 128 Å². The second-order valence-corrected chi connectivity index (χ2v) is 6.41. The van der Waals surface area contributed by atoms with Crippen molar-refractivity contribution >= 4 is 28.2 Å². The van der Waals surface area contributed by atoms with Crippen LogP contribution in [-0.2, 0) is 17.8 Å². The molecule has 0 saturated carbocycles. The van der Waals surface area contributed by atoms with E-state index >= 15 is 0 Å². The zero-order valence-electron chi connectivity index (χ0n) is 12.3. The summed E-state index contributed by atoms with van der Waals surface area (Å²) in [6.07, 6.45) is 2.78. The van der Waals surface area contributed by atoms with Crippen LogP contribution in [0.1, 0.15) is 40.6 Å². The molecule has 2 rings (SSSR count). The lowest BCUT2D eigenvalue weighted by atomic mass is 10.0. The van der Waals surface area contributed by atoms with E-state index in [1.54, 1.807) is 0 Å². The van der Waals surface area contributed by atoms with Crippen LogP contribution >= 0.6 is 11.3 Å². The lowest BCUT2D eigenvalue weighted by molar-refractivity contribution is -0.122. The lowest BCUT2D eigenvalue weighted by Crippen LogP contribution is -2.40. The molecule has 0 radical (unpaired) electrons. The summed E-state index contributed by atoms with van der Waals surface area (Å²) < 4.78 is 0. The quantitative estimate of drug-likeness (QED) is 0.673. The number of amides is 2. The highest BCUT2D eigenvalue weighted by atomic mass is 32.1. The van der Waals surface area contributed by atoms with E-state index in [1.807, 2.05) is 0 Å². The average molecular weight is 310 g/mol. The van der Waals surface area contributed by atoms with Crippen LogP contribution in [0.15, 0.2) is 0 Å². The summed E-state index contributed by atoms with van der Waals surface area (Å²) in [5, 5.41) is 3.40. The average Bonchev–Trinajstić information content (AvgIpc) is 2.74. The number of nitrogen functional groups attached to an aromatic ring is 1. The van der Waals surface area contributed by atoms with E-state index in [0.717, 1.165) is 36.4 Å². The summed E-state index contributed by atoms with van der Waals surface area (Å²) in [5.41, 5.74) is 12.7. The standard InChI is InChI=1S/C14H22N4O2S/c1-2-3-5-17-11(19)8-18-6-4-9-10(7-18)21-14(16)12(9)13(15)20/h2-8,16H2,1H3,(H2,15,20)(H,17,19). The number of carbonyl (C=O) groups excluding carboxylic acids is 2. The molecule has 5 N–H and O–H groups in total. The molecule has 116 valence electrons. The van der Waals surface area contributed by atoms with Gasteiger partial charge < -0.3 is 16.8 Å². The minimum absolute atomic E-state index is 0.0477. The van der Waals surface area contributed by atoms with Gasteiger partial charge in [-0.25, -0.2) is 0 Å². The number of nitrogens with two attached hydrogens (primary N) is 2. The zero-order chi connectivity index (χ0) is 15.4. The Hall–Kier alpha value is -1.60. The van der Waals surface area contributed by atoms with Crippen LogP contribution in [0.25, 0.3) is 0 Å². The van der Waals surface area contributed by atoms with Crippen LogP contribution in [0.3, 0.4) is 0 Å². The Bertz CT molecular complexity index is 541. The van der Waals surface area contributed by atoms with Crippen LogP contribution in [0, 0.1) is 0 Å². The molecule has 0 fully saturated rings. The maximum atomic E-state index is 11.8. The number of unbranched alkanes of at least 4 members (excludes halogenated alkanes) is 1. The molecule has 6 nitrogen and oxygen atoms in total. The van der Waals surface area contributed by atoms with Crippen LogP contribution in [0.4, 0.5) is 5.00 Å². The first-order chi connectivity index (χ1) is 10.0. The molecule has 21 heavy (non-hydrogen) atoms. The Morgan fingerprint density at radius 3 is 2.86 bits per heavy atom. The smallest absolute Gasteiger partial charge is 0.251 e. The Morgan fingerprint density at radius 2 is 2.19 bits per heavy atom. The molecule has 0 bridgehead atoms. The van der Waals surface area contributed by atoms with E-state index in [9.17, 15) is 9.59 Å². The fraction of sp³-hybridized carbons (Fsp3) is 0.571. The van der Waals surface area contributed by atoms with Gasteiger partial charge in [-0.2, -0.15) is 0 Å². The van der Waals surface area contributed by atoms with Crippen molar-refractivity contribution in [2.45, 2.75) is 32.7 Å². The Balaban J connectivity index is 1.96. The summed E-state index contributed by atoms with van der Waals surface area (Å²) >= 11 is 1.40. The van der Waals surface area contributed by atoms with E-state index in [2.05, 4.69) is 17.1 Å².